The number of rotatable bonds is 6. The Bertz CT molecular complexity index is 320. The lowest BCUT2D eigenvalue weighted by atomic mass is 10.1. The zero-order chi connectivity index (χ0) is 12.8. The van der Waals surface area contributed by atoms with Crippen LogP contribution >= 0.6 is 0 Å². The normalized spacial score (nSPS) is 17.6. The lowest BCUT2D eigenvalue weighted by molar-refractivity contribution is -0.131. The lowest BCUT2D eigenvalue weighted by Crippen LogP contribution is -2.41. The van der Waals surface area contributed by atoms with Crippen LogP contribution in [0.1, 0.15) is 32.6 Å². The Kier molecular flexibility index (Phi) is 5.15. The van der Waals surface area contributed by atoms with Gasteiger partial charge in [-0.15, -0.1) is 0 Å². The standard InChI is InChI=1S/C12H20N2O3/c1-9(6-12(16)17)7-14(8-11(13)15)10-4-2-3-5-10/h6,10H,2-5,7-8H2,1H3,(H2,13,15)(H,16,17). The molecule has 0 aromatic heterocycles. The van der Waals surface area contributed by atoms with Crippen LogP contribution in [-0.2, 0) is 9.59 Å². The van der Waals surface area contributed by atoms with E-state index < -0.39 is 5.97 Å². The summed E-state index contributed by atoms with van der Waals surface area (Å²) in [5.74, 6) is -1.31. The minimum atomic E-state index is -0.951. The third-order valence-electron chi connectivity index (χ3n) is 3.02. The van der Waals surface area contributed by atoms with Crippen LogP contribution in [0.15, 0.2) is 11.6 Å². The molecule has 1 amide bonds. The first-order valence-corrected chi connectivity index (χ1v) is 5.91. The fourth-order valence-electron chi connectivity index (χ4n) is 2.36. The molecule has 3 N–H and O–H groups in total. The Hall–Kier alpha value is -1.36. The zero-order valence-corrected chi connectivity index (χ0v) is 10.2. The number of nitrogens with zero attached hydrogens (tertiary/aromatic N) is 1. The minimum absolute atomic E-state index is 0.204. The molecule has 0 atom stereocenters. The van der Waals surface area contributed by atoms with Crippen LogP contribution in [0.3, 0.4) is 0 Å². The molecule has 1 fully saturated rings. The summed E-state index contributed by atoms with van der Waals surface area (Å²) in [5, 5.41) is 8.66. The molecule has 1 rings (SSSR count). The van der Waals surface area contributed by atoms with Crippen molar-refractivity contribution in [2.24, 2.45) is 5.73 Å². The number of carboxylic acids is 1. The van der Waals surface area contributed by atoms with Crippen molar-refractivity contribution in [2.45, 2.75) is 38.6 Å². The number of amides is 1. The molecule has 0 aromatic carbocycles. The highest BCUT2D eigenvalue weighted by molar-refractivity contribution is 5.80. The van der Waals surface area contributed by atoms with Crippen LogP contribution in [0.25, 0.3) is 0 Å². The molecular weight excluding hydrogens is 220 g/mol. The van der Waals surface area contributed by atoms with Gasteiger partial charge in [-0.3, -0.25) is 9.69 Å². The van der Waals surface area contributed by atoms with Crippen LogP contribution in [0.4, 0.5) is 0 Å². The molecule has 0 spiro atoms. The highest BCUT2D eigenvalue weighted by Crippen LogP contribution is 2.23. The molecule has 5 nitrogen and oxygen atoms in total. The average molecular weight is 240 g/mol. The first kappa shape index (κ1) is 13.7. The molecule has 0 unspecified atom stereocenters. The van der Waals surface area contributed by atoms with Gasteiger partial charge < -0.3 is 10.8 Å². The second-order valence-corrected chi connectivity index (χ2v) is 4.64. The molecule has 5 heteroatoms. The third-order valence-corrected chi connectivity index (χ3v) is 3.02. The van der Waals surface area contributed by atoms with Crippen LogP contribution in [0.5, 0.6) is 0 Å². The van der Waals surface area contributed by atoms with Crippen molar-refractivity contribution in [1.82, 2.24) is 4.90 Å². The van der Waals surface area contributed by atoms with Crippen molar-refractivity contribution < 1.29 is 14.7 Å². The SMILES string of the molecule is CC(=CC(=O)O)CN(CC(N)=O)C1CCCC1. The first-order valence-electron chi connectivity index (χ1n) is 5.91. The molecule has 96 valence electrons. The molecule has 0 aliphatic heterocycles. The molecular formula is C12H20N2O3. The second kappa shape index (κ2) is 6.39. The Morgan fingerprint density at radius 3 is 2.41 bits per heavy atom. The summed E-state index contributed by atoms with van der Waals surface area (Å²) in [6.45, 7) is 2.46. The van der Waals surface area contributed by atoms with E-state index in [0.29, 0.717) is 12.6 Å². The number of nitrogens with two attached hydrogens (primary N) is 1. The summed E-state index contributed by atoms with van der Waals surface area (Å²) < 4.78 is 0. The van der Waals surface area contributed by atoms with Gasteiger partial charge in [0.1, 0.15) is 0 Å². The summed E-state index contributed by atoms with van der Waals surface area (Å²) in [6, 6.07) is 0.361. The maximum absolute atomic E-state index is 11.0. The van der Waals surface area contributed by atoms with Crippen molar-refractivity contribution in [2.75, 3.05) is 13.1 Å². The number of hydrogen-bond acceptors (Lipinski definition) is 3. The number of aliphatic carboxylic acids is 1. The van der Waals surface area contributed by atoms with Crippen LogP contribution in [0.2, 0.25) is 0 Å². The molecule has 1 saturated carbocycles. The summed E-state index contributed by atoms with van der Waals surface area (Å²) in [5.41, 5.74) is 5.96. The molecule has 0 heterocycles. The van der Waals surface area contributed by atoms with Gasteiger partial charge in [-0.05, 0) is 19.8 Å². The van der Waals surface area contributed by atoms with E-state index in [1.54, 1.807) is 6.92 Å². The van der Waals surface area contributed by atoms with Crippen molar-refractivity contribution in [3.63, 3.8) is 0 Å². The van der Waals surface area contributed by atoms with E-state index in [1.807, 2.05) is 4.90 Å². The summed E-state index contributed by atoms with van der Waals surface area (Å²) >= 11 is 0. The van der Waals surface area contributed by atoms with Crippen molar-refractivity contribution in [1.29, 1.82) is 0 Å². The van der Waals surface area contributed by atoms with Gasteiger partial charge in [-0.2, -0.15) is 0 Å². The Morgan fingerprint density at radius 1 is 1.35 bits per heavy atom. The Morgan fingerprint density at radius 2 is 1.94 bits per heavy atom. The number of carboxylic acid groups (broad SMARTS) is 1. The van der Waals surface area contributed by atoms with E-state index in [0.717, 1.165) is 18.4 Å². The predicted octanol–water partition coefficient (Wildman–Crippen LogP) is 0.747. The van der Waals surface area contributed by atoms with Gasteiger partial charge in [0.05, 0.1) is 6.54 Å². The van der Waals surface area contributed by atoms with Crippen LogP contribution < -0.4 is 5.73 Å². The molecule has 0 aromatic rings. The molecule has 1 aliphatic rings. The topological polar surface area (TPSA) is 83.6 Å². The quantitative estimate of drug-likeness (QED) is 0.671. The molecule has 0 bridgehead atoms. The van der Waals surface area contributed by atoms with E-state index in [-0.39, 0.29) is 12.5 Å². The van der Waals surface area contributed by atoms with Gasteiger partial charge in [0.25, 0.3) is 0 Å². The van der Waals surface area contributed by atoms with Crippen LogP contribution in [0, 0.1) is 0 Å². The van der Waals surface area contributed by atoms with E-state index in [4.69, 9.17) is 10.8 Å². The fraction of sp³-hybridized carbons (Fsp3) is 0.667. The van der Waals surface area contributed by atoms with E-state index in [1.165, 1.54) is 18.9 Å². The third kappa shape index (κ3) is 4.99. The van der Waals surface area contributed by atoms with Crippen molar-refractivity contribution >= 4 is 11.9 Å². The van der Waals surface area contributed by atoms with Gasteiger partial charge in [0, 0.05) is 18.7 Å². The molecule has 17 heavy (non-hydrogen) atoms. The molecule has 0 radical (unpaired) electrons. The highest BCUT2D eigenvalue weighted by atomic mass is 16.4. The predicted molar refractivity (Wildman–Crippen MR) is 64.4 cm³/mol. The number of carbonyl (C=O) groups excluding carboxylic acids is 1. The van der Waals surface area contributed by atoms with Gasteiger partial charge in [-0.1, -0.05) is 18.4 Å². The smallest absolute Gasteiger partial charge is 0.328 e. The van der Waals surface area contributed by atoms with Crippen molar-refractivity contribution in [3.8, 4) is 0 Å². The second-order valence-electron chi connectivity index (χ2n) is 4.64. The number of hydrogen-bond donors (Lipinski definition) is 2. The average Bonchev–Trinajstić information content (AvgIpc) is 2.66. The summed E-state index contributed by atoms with van der Waals surface area (Å²) in [7, 11) is 0. The molecule has 1 aliphatic carbocycles. The maximum Gasteiger partial charge on any atom is 0.328 e. The lowest BCUT2D eigenvalue weighted by Gasteiger charge is -2.27. The minimum Gasteiger partial charge on any atom is -0.478 e. The van der Waals surface area contributed by atoms with Crippen LogP contribution in [-0.4, -0.2) is 41.0 Å². The van der Waals surface area contributed by atoms with Gasteiger partial charge in [-0.25, -0.2) is 4.79 Å². The van der Waals surface area contributed by atoms with Crippen molar-refractivity contribution in [3.05, 3.63) is 11.6 Å². The van der Waals surface area contributed by atoms with E-state index >= 15 is 0 Å². The summed E-state index contributed by atoms with van der Waals surface area (Å²) in [4.78, 5) is 23.6. The van der Waals surface area contributed by atoms with E-state index in [9.17, 15) is 9.59 Å². The zero-order valence-electron chi connectivity index (χ0n) is 10.2. The summed E-state index contributed by atoms with van der Waals surface area (Å²) in [6.07, 6.45) is 5.65. The Labute approximate surface area is 101 Å². The number of primary amides is 1. The highest BCUT2D eigenvalue weighted by Gasteiger charge is 2.23. The van der Waals surface area contributed by atoms with Gasteiger partial charge in [0.2, 0.25) is 5.91 Å². The maximum atomic E-state index is 11.0. The Balaban J connectivity index is 2.62. The fourth-order valence-corrected chi connectivity index (χ4v) is 2.36. The molecule has 0 saturated heterocycles. The monoisotopic (exact) mass is 240 g/mol. The number of carbonyl (C=O) groups is 2. The van der Waals surface area contributed by atoms with Gasteiger partial charge in [0.15, 0.2) is 0 Å². The first-order chi connectivity index (χ1) is 7.99. The van der Waals surface area contributed by atoms with E-state index in [2.05, 4.69) is 0 Å². The largest absolute Gasteiger partial charge is 0.478 e. The van der Waals surface area contributed by atoms with Gasteiger partial charge >= 0.3 is 5.97 Å².